The van der Waals surface area contributed by atoms with Gasteiger partial charge in [0.05, 0.1) is 0 Å². The SMILES string of the molecule is [Cl-].[Cl-].[Zr+2][C]1=C(C2=CC=CC2)C(=C(C2CCCCC2)C2CCCCC2)c2ccccc21. The summed E-state index contributed by atoms with van der Waals surface area (Å²) in [6, 6.07) is 9.32. The first-order valence-corrected chi connectivity index (χ1v) is 12.7. The average Bonchev–Trinajstić information content (AvgIpc) is 3.37. The van der Waals surface area contributed by atoms with Crippen LogP contribution in [0.2, 0.25) is 0 Å². The van der Waals surface area contributed by atoms with E-state index in [1.807, 2.05) is 5.57 Å². The van der Waals surface area contributed by atoms with Crippen LogP contribution in [0.4, 0.5) is 0 Å². The van der Waals surface area contributed by atoms with E-state index < -0.39 is 0 Å². The number of benzene rings is 1. The molecule has 0 N–H and O–H groups in total. The molecule has 5 rings (SSSR count). The van der Waals surface area contributed by atoms with Crippen molar-refractivity contribution in [2.75, 3.05) is 0 Å². The van der Waals surface area contributed by atoms with Crippen LogP contribution in [0.25, 0.3) is 8.85 Å². The maximum absolute atomic E-state index is 2.43. The van der Waals surface area contributed by atoms with Crippen molar-refractivity contribution in [3.05, 3.63) is 70.3 Å². The van der Waals surface area contributed by atoms with E-state index in [4.69, 9.17) is 0 Å². The van der Waals surface area contributed by atoms with Crippen LogP contribution in [0.5, 0.6) is 0 Å². The quantitative estimate of drug-likeness (QED) is 0.574. The van der Waals surface area contributed by atoms with Crippen molar-refractivity contribution in [3.8, 4) is 0 Å². The number of hydrogen-bond acceptors (Lipinski definition) is 0. The normalized spacial score (nSPS) is 21.8. The Morgan fingerprint density at radius 1 is 0.767 bits per heavy atom. The van der Waals surface area contributed by atoms with Gasteiger partial charge >= 0.3 is 186 Å². The van der Waals surface area contributed by atoms with Crippen LogP contribution in [0.1, 0.15) is 81.8 Å². The molecule has 0 amide bonds. The third-order valence-electron chi connectivity index (χ3n) is 7.44. The Labute approximate surface area is 210 Å². The van der Waals surface area contributed by atoms with Gasteiger partial charge in [-0.1, -0.05) is 0 Å². The van der Waals surface area contributed by atoms with E-state index in [1.54, 1.807) is 50.3 Å². The molecular weight excluding hydrogens is 486 g/mol. The summed E-state index contributed by atoms with van der Waals surface area (Å²) < 4.78 is 1.61. The van der Waals surface area contributed by atoms with Crippen molar-refractivity contribution in [3.63, 3.8) is 0 Å². The van der Waals surface area contributed by atoms with Crippen molar-refractivity contribution in [2.45, 2.75) is 70.6 Å². The number of rotatable bonds is 3. The second-order valence-corrected chi connectivity index (χ2v) is 10.3. The summed E-state index contributed by atoms with van der Waals surface area (Å²) in [6.07, 6.45) is 22.5. The van der Waals surface area contributed by atoms with Gasteiger partial charge in [0.2, 0.25) is 0 Å². The molecular formula is C27H31Cl2Zr. The minimum atomic E-state index is 0. The van der Waals surface area contributed by atoms with Gasteiger partial charge in [0.25, 0.3) is 0 Å². The number of allylic oxidation sites excluding steroid dienone is 7. The summed E-state index contributed by atoms with van der Waals surface area (Å²) in [4.78, 5) is 0. The number of hydrogen-bond donors (Lipinski definition) is 0. The van der Waals surface area contributed by atoms with Gasteiger partial charge in [-0.15, -0.1) is 0 Å². The van der Waals surface area contributed by atoms with Gasteiger partial charge in [0, 0.05) is 0 Å². The van der Waals surface area contributed by atoms with Crippen molar-refractivity contribution >= 4 is 8.85 Å². The van der Waals surface area contributed by atoms with Gasteiger partial charge in [-0.3, -0.25) is 0 Å². The van der Waals surface area contributed by atoms with Crippen molar-refractivity contribution in [1.29, 1.82) is 0 Å². The van der Waals surface area contributed by atoms with E-state index in [1.165, 1.54) is 69.8 Å². The molecule has 0 unspecified atom stereocenters. The van der Waals surface area contributed by atoms with Gasteiger partial charge in [0.15, 0.2) is 0 Å². The molecule has 0 saturated heterocycles. The van der Waals surface area contributed by atoms with Crippen LogP contribution in [-0.2, 0) is 24.7 Å². The number of fused-ring (bicyclic) bond motifs is 1. The fourth-order valence-electron chi connectivity index (χ4n) is 6.14. The number of halogens is 2. The van der Waals surface area contributed by atoms with E-state index in [0.717, 1.165) is 18.3 Å². The van der Waals surface area contributed by atoms with Gasteiger partial charge in [-0.25, -0.2) is 0 Å². The van der Waals surface area contributed by atoms with Gasteiger partial charge in [-0.05, 0) is 0 Å². The Balaban J connectivity index is 0.00000128. The first kappa shape index (κ1) is 24.3. The monoisotopic (exact) mass is 515 g/mol. The Morgan fingerprint density at radius 3 is 1.87 bits per heavy atom. The van der Waals surface area contributed by atoms with Crippen molar-refractivity contribution in [2.24, 2.45) is 11.8 Å². The second-order valence-electron chi connectivity index (χ2n) is 9.12. The molecule has 0 radical (unpaired) electrons. The van der Waals surface area contributed by atoms with Crippen LogP contribution in [0, 0.1) is 11.8 Å². The maximum atomic E-state index is 2.43. The van der Waals surface area contributed by atoms with Crippen LogP contribution in [-0.4, -0.2) is 0 Å². The summed E-state index contributed by atoms with van der Waals surface area (Å²) in [6.45, 7) is 0. The van der Waals surface area contributed by atoms with E-state index in [0.29, 0.717) is 0 Å². The van der Waals surface area contributed by atoms with E-state index in [-0.39, 0.29) is 24.8 Å². The minimum absolute atomic E-state index is 0. The Hall–Kier alpha value is -0.357. The summed E-state index contributed by atoms with van der Waals surface area (Å²) in [7, 11) is 0. The van der Waals surface area contributed by atoms with Crippen LogP contribution in [0.3, 0.4) is 0 Å². The van der Waals surface area contributed by atoms with Gasteiger partial charge in [0.1, 0.15) is 0 Å². The van der Waals surface area contributed by atoms with E-state index in [2.05, 4.69) is 42.5 Å². The van der Waals surface area contributed by atoms with E-state index in [9.17, 15) is 0 Å². The van der Waals surface area contributed by atoms with Crippen LogP contribution in [0.15, 0.2) is 59.2 Å². The first-order chi connectivity index (χ1) is 13.8. The average molecular weight is 518 g/mol. The fraction of sp³-hybridized carbons (Fsp3) is 0.481. The van der Waals surface area contributed by atoms with Crippen LogP contribution < -0.4 is 24.8 Å². The molecule has 30 heavy (non-hydrogen) atoms. The predicted molar refractivity (Wildman–Crippen MR) is 115 cm³/mol. The molecule has 0 aliphatic heterocycles. The Bertz CT molecular complexity index is 858. The topological polar surface area (TPSA) is 0 Å². The van der Waals surface area contributed by atoms with Crippen LogP contribution >= 0.6 is 0 Å². The zero-order valence-corrected chi connectivity index (χ0v) is 21.7. The predicted octanol–water partition coefficient (Wildman–Crippen LogP) is 1.77. The standard InChI is InChI=1S/C27H31.2ClH.Zr/c1-3-13-21(14-4-1)26(22-15-5-2-6-16-22)27-24-18-10-9-17-23(24)19-25(27)20-11-7-8-12-20;;;/h7-11,17-18,21-22H,1-6,12-16H2;2*1H;/q;;;+2/p-2. The Kier molecular flexibility index (Phi) is 8.89. The zero-order valence-electron chi connectivity index (χ0n) is 17.7. The third kappa shape index (κ3) is 4.55. The molecule has 0 heterocycles. The molecule has 0 nitrogen and oxygen atoms in total. The molecule has 0 aromatic heterocycles. The Morgan fingerprint density at radius 2 is 1.33 bits per heavy atom. The molecule has 1 aromatic carbocycles. The second kappa shape index (κ2) is 11.0. The molecule has 2 saturated carbocycles. The third-order valence-corrected chi connectivity index (χ3v) is 8.71. The molecule has 157 valence electrons. The first-order valence-electron chi connectivity index (χ1n) is 11.5. The summed E-state index contributed by atoms with van der Waals surface area (Å²) in [5, 5.41) is 0. The molecule has 0 bridgehead atoms. The van der Waals surface area contributed by atoms with E-state index >= 15 is 0 Å². The van der Waals surface area contributed by atoms with Crippen molar-refractivity contribution < 1.29 is 49.5 Å². The molecule has 3 heteroatoms. The summed E-state index contributed by atoms with van der Waals surface area (Å²) in [5.74, 6) is 1.65. The molecule has 4 aliphatic carbocycles. The fourth-order valence-corrected chi connectivity index (χ4v) is 7.37. The molecule has 0 spiro atoms. The van der Waals surface area contributed by atoms with Gasteiger partial charge in [-0.2, -0.15) is 0 Å². The summed E-state index contributed by atoms with van der Waals surface area (Å²) in [5.41, 5.74) is 9.87. The molecule has 1 aromatic rings. The molecule has 0 atom stereocenters. The van der Waals surface area contributed by atoms with Crippen molar-refractivity contribution in [1.82, 2.24) is 0 Å². The molecule has 4 aliphatic rings. The summed E-state index contributed by atoms with van der Waals surface area (Å²) >= 11 is 1.57. The van der Waals surface area contributed by atoms with Gasteiger partial charge < -0.3 is 24.8 Å². The zero-order chi connectivity index (χ0) is 18.9. The molecule has 2 fully saturated rings.